The number of aldehydes is 1. The number of fused-ring (bicyclic) bond motifs is 5. The van der Waals surface area contributed by atoms with Gasteiger partial charge in [0.2, 0.25) is 0 Å². The first-order valence-corrected chi connectivity index (χ1v) is 24.1. The fourth-order valence-electron chi connectivity index (χ4n) is 8.68. The van der Waals surface area contributed by atoms with E-state index in [-0.39, 0.29) is 43.5 Å². The molecular formula is C63H58N6O7S. The van der Waals surface area contributed by atoms with Crippen molar-refractivity contribution in [2.24, 2.45) is 10.7 Å². The number of para-hydroxylation sites is 3. The molecule has 4 heterocycles. The Morgan fingerprint density at radius 1 is 0.636 bits per heavy atom. The summed E-state index contributed by atoms with van der Waals surface area (Å²) in [5, 5.41) is 6.76. The molecule has 6 N–H and O–H groups in total. The molecule has 0 fully saturated rings. The third-order valence-corrected chi connectivity index (χ3v) is 12.7. The molecule has 6 aromatic carbocycles. The predicted octanol–water partition coefficient (Wildman–Crippen LogP) is 9.08. The smallest absolute Gasteiger partial charge is 0.330 e. The molecule has 0 amide bonds. The average Bonchev–Trinajstić information content (AvgIpc) is 4.24. The highest BCUT2D eigenvalue weighted by Gasteiger charge is 2.34. The van der Waals surface area contributed by atoms with Gasteiger partial charge in [0.1, 0.15) is 18.4 Å². The minimum absolute atomic E-state index is 0. The lowest BCUT2D eigenvalue weighted by Crippen LogP contribution is -2.45. The van der Waals surface area contributed by atoms with Gasteiger partial charge in [-0.25, -0.2) is 4.79 Å². The summed E-state index contributed by atoms with van der Waals surface area (Å²) in [5.74, 6) is 6.67. The van der Waals surface area contributed by atoms with E-state index in [4.69, 9.17) is 34.5 Å². The summed E-state index contributed by atoms with van der Waals surface area (Å²) in [6, 6.07) is 44.5. The first kappa shape index (κ1) is 56.9. The number of H-pyrrole nitrogens is 3. The van der Waals surface area contributed by atoms with Gasteiger partial charge in [-0.1, -0.05) is 109 Å². The van der Waals surface area contributed by atoms with E-state index < -0.39 is 12.1 Å². The van der Waals surface area contributed by atoms with Crippen molar-refractivity contribution < 1.29 is 33.4 Å². The molecule has 4 unspecified atom stereocenters. The Kier molecular flexibility index (Phi) is 20.5. The van der Waals surface area contributed by atoms with Crippen LogP contribution < -0.4 is 11.1 Å². The number of ether oxygens (including phenoxy) is 3. The van der Waals surface area contributed by atoms with E-state index in [1.54, 1.807) is 30.5 Å². The van der Waals surface area contributed by atoms with Crippen LogP contribution in [0, 0.1) is 37.0 Å². The molecule has 0 radical (unpaired) electrons. The molecule has 0 aliphatic carbocycles. The highest BCUT2D eigenvalue weighted by Crippen LogP contribution is 2.35. The number of rotatable bonds is 11. The monoisotopic (exact) mass is 1040 g/mol. The summed E-state index contributed by atoms with van der Waals surface area (Å²) in [4.78, 5) is 60.0. The highest BCUT2D eigenvalue weighted by molar-refractivity contribution is 7.59. The molecule has 1 aliphatic heterocycles. The molecule has 388 valence electrons. The number of nitrogens with zero attached hydrogens (tertiary/aromatic N) is 1. The van der Waals surface area contributed by atoms with Crippen molar-refractivity contribution in [3.63, 3.8) is 0 Å². The van der Waals surface area contributed by atoms with Crippen molar-refractivity contribution in [2.75, 3.05) is 21.3 Å². The molecule has 77 heavy (non-hydrogen) atoms. The number of nitrogens with one attached hydrogen (secondary N) is 4. The molecule has 4 atom stereocenters. The average molecular weight is 1040 g/mol. The van der Waals surface area contributed by atoms with Crippen molar-refractivity contribution in [3.05, 3.63) is 214 Å². The summed E-state index contributed by atoms with van der Waals surface area (Å²) in [7, 11) is 4.14. The first-order chi connectivity index (χ1) is 37.0. The number of benzene rings is 6. The SMILES string of the molecule is C#Cc1ccc(C2NC(C(=O)OC)Cc3c2[nH]c2ccccc32)cc1.C#Cc1ccc(C=NC(Cc2c[nH]c3ccccc23)C(=O)OC)cc1.C#Cc1ccc(C=O)cc1.COC(=O)C(N)Cc1c[nH]c2ccccc12.S. The molecule has 0 saturated heterocycles. The second-order valence-electron chi connectivity index (χ2n) is 17.4. The second-order valence-corrected chi connectivity index (χ2v) is 17.4. The van der Waals surface area contributed by atoms with Gasteiger partial charge in [0, 0.05) is 98.5 Å². The van der Waals surface area contributed by atoms with E-state index in [1.165, 1.54) is 21.3 Å². The van der Waals surface area contributed by atoms with Gasteiger partial charge in [0.05, 0.1) is 27.4 Å². The number of terminal acetylenes is 3. The van der Waals surface area contributed by atoms with E-state index in [0.717, 1.165) is 89.2 Å². The minimum atomic E-state index is -0.607. The Hall–Kier alpha value is -9.36. The maximum atomic E-state index is 12.2. The van der Waals surface area contributed by atoms with Crippen molar-refractivity contribution in [2.45, 2.75) is 43.4 Å². The summed E-state index contributed by atoms with van der Waals surface area (Å²) in [5.41, 5.74) is 18.2. The Bertz CT molecular complexity index is 3610. The van der Waals surface area contributed by atoms with Crippen LogP contribution in [-0.4, -0.2) is 84.8 Å². The summed E-state index contributed by atoms with van der Waals surface area (Å²) >= 11 is 0. The predicted molar refractivity (Wildman–Crippen MR) is 309 cm³/mol. The summed E-state index contributed by atoms with van der Waals surface area (Å²) in [6.45, 7) is 0. The minimum Gasteiger partial charge on any atom is -0.468 e. The molecule has 10 rings (SSSR count). The van der Waals surface area contributed by atoms with Crippen LogP contribution >= 0.6 is 13.5 Å². The molecule has 0 bridgehead atoms. The number of methoxy groups -OCH3 is 3. The van der Waals surface area contributed by atoms with Gasteiger partial charge < -0.3 is 34.9 Å². The number of hydrogen-bond acceptors (Lipinski definition) is 10. The quantitative estimate of drug-likeness (QED) is 0.0276. The number of carbonyl (C=O) groups is 4. The largest absolute Gasteiger partial charge is 0.468 e. The number of carbonyl (C=O) groups excluding carboxylic acids is 4. The lowest BCUT2D eigenvalue weighted by molar-refractivity contribution is -0.144. The second kappa shape index (κ2) is 27.8. The van der Waals surface area contributed by atoms with E-state index >= 15 is 0 Å². The molecule has 13 nitrogen and oxygen atoms in total. The van der Waals surface area contributed by atoms with Crippen LogP contribution in [0.2, 0.25) is 0 Å². The number of esters is 3. The third kappa shape index (κ3) is 14.5. The highest BCUT2D eigenvalue weighted by atomic mass is 32.1. The van der Waals surface area contributed by atoms with Crippen LogP contribution in [-0.2, 0) is 47.9 Å². The lowest BCUT2D eigenvalue weighted by atomic mass is 9.90. The number of nitrogens with two attached hydrogens (primary N) is 1. The number of aromatic nitrogens is 3. The van der Waals surface area contributed by atoms with E-state index in [2.05, 4.69) is 59.9 Å². The van der Waals surface area contributed by atoms with Crippen molar-refractivity contribution >= 4 is 76.6 Å². The van der Waals surface area contributed by atoms with Crippen LogP contribution in [0.3, 0.4) is 0 Å². The fourth-order valence-corrected chi connectivity index (χ4v) is 8.68. The topological polar surface area (TPSA) is 194 Å². The molecule has 9 aromatic rings. The Morgan fingerprint density at radius 2 is 1.12 bits per heavy atom. The molecule has 3 aromatic heterocycles. The van der Waals surface area contributed by atoms with Crippen LogP contribution in [0.15, 0.2) is 163 Å². The molecule has 1 aliphatic rings. The number of hydrogen-bond donors (Lipinski definition) is 5. The summed E-state index contributed by atoms with van der Waals surface area (Å²) in [6.07, 6.45) is 23.7. The van der Waals surface area contributed by atoms with Gasteiger partial charge in [-0.2, -0.15) is 13.5 Å². The van der Waals surface area contributed by atoms with Crippen LogP contribution in [0.1, 0.15) is 66.6 Å². The van der Waals surface area contributed by atoms with Crippen molar-refractivity contribution in [3.8, 4) is 37.0 Å². The Balaban J connectivity index is 0.000000174. The van der Waals surface area contributed by atoms with Gasteiger partial charge >= 0.3 is 17.9 Å². The van der Waals surface area contributed by atoms with Crippen molar-refractivity contribution in [1.29, 1.82) is 0 Å². The molecule has 14 heteroatoms. The van der Waals surface area contributed by atoms with Gasteiger partial charge in [-0.15, -0.1) is 19.3 Å². The standard InChI is InChI=1S/2C21H18N2O2.C12H14N2O2.C9H6O.H2S/c1-3-13-8-10-14(11-9-13)19-20-16(12-18(23-19)21(24)25-2)15-6-4-5-7-17(15)22-20;1-3-15-8-10-16(11-9-15)13-22-20(21(24)25-2)12-17-14-23-19-7-5-4-6-18(17)19;1-16-12(15)10(13)6-8-7-14-11-5-3-2-4-9(8)11;1-2-8-3-5-9(7-10)6-4-8;/h1,4-11,18-19,22-23H,12H2,2H3;1,4-11,13-14,20,23H,12H2,2H3;2-5,7,10,14H,6,13H2,1H3;1,3-7H;1H2. The van der Waals surface area contributed by atoms with E-state index in [0.29, 0.717) is 24.8 Å². The normalized spacial score (nSPS) is 13.9. The fraction of sp³-hybridized carbons (Fsp3) is 0.159. The van der Waals surface area contributed by atoms with Crippen molar-refractivity contribution in [1.82, 2.24) is 20.3 Å². The number of aliphatic imine (C=N–C) groups is 1. The van der Waals surface area contributed by atoms with Crippen LogP contribution in [0.4, 0.5) is 0 Å². The zero-order valence-electron chi connectivity index (χ0n) is 42.7. The van der Waals surface area contributed by atoms with E-state index in [1.807, 2.05) is 122 Å². The third-order valence-electron chi connectivity index (χ3n) is 12.7. The Labute approximate surface area is 454 Å². The molecule has 0 saturated carbocycles. The lowest BCUT2D eigenvalue weighted by Gasteiger charge is -2.30. The van der Waals surface area contributed by atoms with Gasteiger partial charge in [-0.3, -0.25) is 24.7 Å². The maximum absolute atomic E-state index is 12.2. The zero-order chi connectivity index (χ0) is 54.0. The van der Waals surface area contributed by atoms with Gasteiger partial charge in [0.25, 0.3) is 0 Å². The van der Waals surface area contributed by atoms with Crippen LogP contribution in [0.5, 0.6) is 0 Å². The zero-order valence-corrected chi connectivity index (χ0v) is 43.7. The Morgan fingerprint density at radius 3 is 1.62 bits per heavy atom. The molecule has 0 spiro atoms. The first-order valence-electron chi connectivity index (χ1n) is 24.1. The van der Waals surface area contributed by atoms with E-state index in [9.17, 15) is 19.2 Å². The van der Waals surface area contributed by atoms with Crippen LogP contribution in [0.25, 0.3) is 32.7 Å². The van der Waals surface area contributed by atoms with Gasteiger partial charge in [0.15, 0.2) is 6.04 Å². The van der Waals surface area contributed by atoms with Gasteiger partial charge in [-0.05, 0) is 82.4 Å². The summed E-state index contributed by atoms with van der Waals surface area (Å²) < 4.78 is 14.5. The molecular weight excluding hydrogens is 985 g/mol. The maximum Gasteiger partial charge on any atom is 0.330 e. The number of aromatic amines is 3.